The Morgan fingerprint density at radius 1 is 1.19 bits per heavy atom. The van der Waals surface area contributed by atoms with E-state index < -0.39 is 11.8 Å². The van der Waals surface area contributed by atoms with Crippen molar-refractivity contribution in [2.45, 2.75) is 26.3 Å². The van der Waals surface area contributed by atoms with Gasteiger partial charge in [0.15, 0.2) is 0 Å². The smallest absolute Gasteiger partial charge is 0.329 e. The van der Waals surface area contributed by atoms with Crippen LogP contribution in [-0.2, 0) is 9.59 Å². The van der Waals surface area contributed by atoms with Crippen LogP contribution in [0, 0.1) is 0 Å². The van der Waals surface area contributed by atoms with Gasteiger partial charge in [-0.3, -0.25) is 9.59 Å². The number of halogens is 1. The summed E-state index contributed by atoms with van der Waals surface area (Å²) in [7, 11) is 0. The van der Waals surface area contributed by atoms with Crippen molar-refractivity contribution < 1.29 is 14.3 Å². The van der Waals surface area contributed by atoms with Gasteiger partial charge in [-0.05, 0) is 42.7 Å². The van der Waals surface area contributed by atoms with Crippen molar-refractivity contribution in [3.63, 3.8) is 0 Å². The number of nitrogens with one attached hydrogen (secondary N) is 2. The lowest BCUT2D eigenvalue weighted by molar-refractivity contribution is -0.139. The molecular formula is C20H22ClN3O3. The van der Waals surface area contributed by atoms with Crippen LogP contribution in [0.1, 0.15) is 37.4 Å². The first-order valence-corrected chi connectivity index (χ1v) is 9.00. The molecule has 2 aromatic carbocycles. The molecule has 0 bridgehead atoms. The van der Waals surface area contributed by atoms with Crippen LogP contribution in [0.3, 0.4) is 0 Å². The Morgan fingerprint density at radius 3 is 2.59 bits per heavy atom. The molecule has 142 valence electrons. The normalized spacial score (nSPS) is 11.8. The Morgan fingerprint density at radius 2 is 1.93 bits per heavy atom. The minimum atomic E-state index is -0.844. The number of amides is 2. The fourth-order valence-corrected chi connectivity index (χ4v) is 2.47. The number of hydrogen-bond acceptors (Lipinski definition) is 4. The number of hydrazone groups is 1. The van der Waals surface area contributed by atoms with Crippen molar-refractivity contribution >= 4 is 29.6 Å². The molecule has 27 heavy (non-hydrogen) atoms. The maximum Gasteiger partial charge on any atom is 0.329 e. The monoisotopic (exact) mass is 387 g/mol. The van der Waals surface area contributed by atoms with E-state index in [0.29, 0.717) is 22.9 Å². The van der Waals surface area contributed by atoms with Gasteiger partial charge in [-0.2, -0.15) is 5.10 Å². The molecule has 0 saturated carbocycles. The lowest BCUT2D eigenvalue weighted by atomic mass is 10.1. The second-order valence-electron chi connectivity index (χ2n) is 5.84. The summed E-state index contributed by atoms with van der Waals surface area (Å²) in [6.07, 6.45) is 2.29. The fourth-order valence-electron chi connectivity index (χ4n) is 2.23. The third kappa shape index (κ3) is 6.42. The zero-order valence-electron chi connectivity index (χ0n) is 15.2. The molecule has 0 aliphatic rings. The lowest BCUT2D eigenvalue weighted by Gasteiger charge is -2.13. The van der Waals surface area contributed by atoms with Gasteiger partial charge in [0, 0.05) is 0 Å². The summed E-state index contributed by atoms with van der Waals surface area (Å²) in [5.74, 6) is -1.01. The number of hydrogen-bond donors (Lipinski definition) is 2. The summed E-state index contributed by atoms with van der Waals surface area (Å²) < 4.78 is 5.49. The molecule has 2 aromatic rings. The molecule has 1 atom stereocenters. The second kappa shape index (κ2) is 10.3. The number of rotatable bonds is 7. The van der Waals surface area contributed by atoms with Crippen molar-refractivity contribution in [1.82, 2.24) is 10.7 Å². The highest BCUT2D eigenvalue weighted by Gasteiger charge is 2.16. The third-order valence-electron chi connectivity index (χ3n) is 3.65. The SMILES string of the molecule is CCCOc1ccc(/C=N\NC(=O)C(=O)N[C@@H](C)c2ccccc2)cc1Cl. The van der Waals surface area contributed by atoms with Crippen molar-refractivity contribution in [3.05, 3.63) is 64.7 Å². The van der Waals surface area contributed by atoms with Crippen LogP contribution >= 0.6 is 11.6 Å². The van der Waals surface area contributed by atoms with Gasteiger partial charge < -0.3 is 10.1 Å². The summed E-state index contributed by atoms with van der Waals surface area (Å²) in [6, 6.07) is 14.2. The Labute approximate surface area is 163 Å². The molecule has 2 amide bonds. The zero-order chi connectivity index (χ0) is 19.6. The maximum absolute atomic E-state index is 11.9. The molecule has 0 unspecified atom stereocenters. The van der Waals surface area contributed by atoms with Crippen LogP contribution in [0.4, 0.5) is 0 Å². The molecule has 0 aliphatic heterocycles. The van der Waals surface area contributed by atoms with Crippen LogP contribution in [0.5, 0.6) is 5.75 Å². The lowest BCUT2D eigenvalue weighted by Crippen LogP contribution is -2.39. The summed E-state index contributed by atoms with van der Waals surface area (Å²) in [5, 5.41) is 6.86. The first-order chi connectivity index (χ1) is 13.0. The molecule has 0 radical (unpaired) electrons. The van der Waals surface area contributed by atoms with E-state index in [1.807, 2.05) is 37.3 Å². The number of nitrogens with zero attached hydrogens (tertiary/aromatic N) is 1. The predicted octanol–water partition coefficient (Wildman–Crippen LogP) is 3.46. The minimum absolute atomic E-state index is 0.289. The average molecular weight is 388 g/mol. The van der Waals surface area contributed by atoms with Crippen LogP contribution in [-0.4, -0.2) is 24.6 Å². The molecule has 6 nitrogen and oxygen atoms in total. The quantitative estimate of drug-likeness (QED) is 0.433. The first-order valence-electron chi connectivity index (χ1n) is 8.62. The largest absolute Gasteiger partial charge is 0.492 e. The maximum atomic E-state index is 11.9. The molecule has 2 rings (SSSR count). The van der Waals surface area contributed by atoms with Crippen molar-refractivity contribution in [3.8, 4) is 5.75 Å². The molecule has 0 spiro atoms. The standard InChI is InChI=1S/C20H22ClN3O3/c1-3-11-27-18-10-9-15(12-17(18)21)13-22-24-20(26)19(25)23-14(2)16-7-5-4-6-8-16/h4-10,12-14H,3,11H2,1-2H3,(H,23,25)(H,24,26)/b22-13-/t14-/m0/s1. The first kappa shape index (κ1) is 20.5. The molecule has 0 aromatic heterocycles. The van der Waals surface area contributed by atoms with E-state index in [9.17, 15) is 9.59 Å². The Balaban J connectivity index is 1.87. The highest BCUT2D eigenvalue weighted by molar-refractivity contribution is 6.35. The highest BCUT2D eigenvalue weighted by Crippen LogP contribution is 2.25. The van der Waals surface area contributed by atoms with Crippen molar-refractivity contribution in [1.29, 1.82) is 0 Å². The molecule has 2 N–H and O–H groups in total. The van der Waals surface area contributed by atoms with Gasteiger partial charge in [-0.1, -0.05) is 48.9 Å². The van der Waals surface area contributed by atoms with E-state index in [1.165, 1.54) is 6.21 Å². The van der Waals surface area contributed by atoms with Gasteiger partial charge in [-0.25, -0.2) is 5.43 Å². The van der Waals surface area contributed by atoms with E-state index in [2.05, 4.69) is 15.8 Å². The average Bonchev–Trinajstić information content (AvgIpc) is 2.67. The van der Waals surface area contributed by atoms with Crippen LogP contribution in [0.15, 0.2) is 53.6 Å². The van der Waals surface area contributed by atoms with Gasteiger partial charge in [0.2, 0.25) is 0 Å². The van der Waals surface area contributed by atoms with E-state index in [-0.39, 0.29) is 6.04 Å². The van der Waals surface area contributed by atoms with Gasteiger partial charge in [0.25, 0.3) is 0 Å². The number of benzene rings is 2. The summed E-state index contributed by atoms with van der Waals surface area (Å²) in [4.78, 5) is 23.8. The summed E-state index contributed by atoms with van der Waals surface area (Å²) >= 11 is 6.13. The molecule has 0 aliphatic carbocycles. The molecule has 0 fully saturated rings. The minimum Gasteiger partial charge on any atom is -0.492 e. The molecular weight excluding hydrogens is 366 g/mol. The van der Waals surface area contributed by atoms with Gasteiger partial charge in [-0.15, -0.1) is 0 Å². The van der Waals surface area contributed by atoms with Crippen LogP contribution in [0.25, 0.3) is 0 Å². The molecule has 0 saturated heterocycles. The van der Waals surface area contributed by atoms with Crippen LogP contribution < -0.4 is 15.5 Å². The Hall–Kier alpha value is -2.86. The van der Waals surface area contributed by atoms with E-state index in [4.69, 9.17) is 16.3 Å². The fraction of sp³-hybridized carbons (Fsp3) is 0.250. The van der Waals surface area contributed by atoms with E-state index >= 15 is 0 Å². The third-order valence-corrected chi connectivity index (χ3v) is 3.95. The number of ether oxygens (including phenoxy) is 1. The Bertz CT molecular complexity index is 809. The topological polar surface area (TPSA) is 79.8 Å². The van der Waals surface area contributed by atoms with Gasteiger partial charge >= 0.3 is 11.8 Å². The molecule has 0 heterocycles. The van der Waals surface area contributed by atoms with E-state index in [0.717, 1.165) is 12.0 Å². The zero-order valence-corrected chi connectivity index (χ0v) is 16.0. The van der Waals surface area contributed by atoms with Crippen LogP contribution in [0.2, 0.25) is 5.02 Å². The van der Waals surface area contributed by atoms with Crippen molar-refractivity contribution in [2.75, 3.05) is 6.61 Å². The molecule has 7 heteroatoms. The van der Waals surface area contributed by atoms with E-state index in [1.54, 1.807) is 25.1 Å². The van der Waals surface area contributed by atoms with Gasteiger partial charge in [0.1, 0.15) is 5.75 Å². The Kier molecular flexibility index (Phi) is 7.82. The second-order valence-corrected chi connectivity index (χ2v) is 6.25. The predicted molar refractivity (Wildman–Crippen MR) is 106 cm³/mol. The van der Waals surface area contributed by atoms with Crippen molar-refractivity contribution in [2.24, 2.45) is 5.10 Å². The number of carbonyl (C=O) groups is 2. The summed E-state index contributed by atoms with van der Waals surface area (Å²) in [5.41, 5.74) is 3.77. The number of carbonyl (C=O) groups excluding carboxylic acids is 2. The van der Waals surface area contributed by atoms with Gasteiger partial charge in [0.05, 0.1) is 23.9 Å². The summed E-state index contributed by atoms with van der Waals surface area (Å²) in [6.45, 7) is 4.39. The highest BCUT2D eigenvalue weighted by atomic mass is 35.5.